The van der Waals surface area contributed by atoms with Gasteiger partial charge in [-0.1, -0.05) is 29.8 Å². The zero-order chi connectivity index (χ0) is 20.9. The minimum absolute atomic E-state index is 0.0146. The molecule has 0 unspecified atom stereocenters. The van der Waals surface area contributed by atoms with E-state index in [2.05, 4.69) is 10.0 Å². The molecule has 0 aromatic heterocycles. The Morgan fingerprint density at radius 3 is 2.34 bits per heavy atom. The van der Waals surface area contributed by atoms with Gasteiger partial charge in [-0.25, -0.2) is 8.42 Å². The van der Waals surface area contributed by atoms with Gasteiger partial charge < -0.3 is 10.1 Å². The predicted octanol–water partition coefficient (Wildman–Crippen LogP) is 4.79. The Morgan fingerprint density at radius 1 is 1.00 bits per heavy atom. The summed E-state index contributed by atoms with van der Waals surface area (Å²) in [5.74, 6) is 0.00832. The molecule has 0 aliphatic carbocycles. The van der Waals surface area contributed by atoms with Gasteiger partial charge >= 0.3 is 0 Å². The monoisotopic (exact) mass is 430 g/mol. The second kappa shape index (κ2) is 8.98. The highest BCUT2D eigenvalue weighted by Gasteiger charge is 2.18. The Hall–Kier alpha value is -3.03. The van der Waals surface area contributed by atoms with E-state index in [1.807, 2.05) is 0 Å². The Bertz CT molecular complexity index is 1100. The van der Waals surface area contributed by atoms with Crippen molar-refractivity contribution in [3.8, 4) is 5.75 Å². The van der Waals surface area contributed by atoms with Gasteiger partial charge in [0.05, 0.1) is 17.2 Å². The summed E-state index contributed by atoms with van der Waals surface area (Å²) in [6, 6.07) is 19.2. The average Bonchev–Trinajstić information content (AvgIpc) is 2.71. The lowest BCUT2D eigenvalue weighted by Gasteiger charge is -2.14. The molecule has 29 heavy (non-hydrogen) atoms. The molecule has 150 valence electrons. The van der Waals surface area contributed by atoms with Gasteiger partial charge in [0.1, 0.15) is 5.75 Å². The lowest BCUT2D eigenvalue weighted by atomic mass is 10.2. The summed E-state index contributed by atoms with van der Waals surface area (Å²) in [7, 11) is -3.88. The van der Waals surface area contributed by atoms with E-state index < -0.39 is 10.0 Å². The first kappa shape index (κ1) is 20.7. The summed E-state index contributed by atoms with van der Waals surface area (Å²) in [4.78, 5) is 12.5. The van der Waals surface area contributed by atoms with Crippen LogP contribution in [0.1, 0.15) is 17.3 Å². The van der Waals surface area contributed by atoms with Gasteiger partial charge in [-0.15, -0.1) is 0 Å². The number of nitrogens with one attached hydrogen (secondary N) is 2. The van der Waals surface area contributed by atoms with Gasteiger partial charge in [-0.2, -0.15) is 0 Å². The maximum Gasteiger partial charge on any atom is 0.261 e. The van der Waals surface area contributed by atoms with Crippen molar-refractivity contribution in [3.05, 3.63) is 83.4 Å². The van der Waals surface area contributed by atoms with Crippen molar-refractivity contribution < 1.29 is 17.9 Å². The van der Waals surface area contributed by atoms with Crippen LogP contribution in [-0.4, -0.2) is 20.9 Å². The van der Waals surface area contributed by atoms with Crippen LogP contribution >= 0.6 is 11.6 Å². The Labute approximate surface area is 174 Å². The molecular formula is C21H19ClN2O4S. The molecule has 0 spiro atoms. The molecule has 3 aromatic carbocycles. The molecule has 1 amide bonds. The quantitative estimate of drug-likeness (QED) is 0.564. The van der Waals surface area contributed by atoms with Gasteiger partial charge in [0, 0.05) is 16.3 Å². The lowest BCUT2D eigenvalue weighted by molar-refractivity contribution is 0.102. The van der Waals surface area contributed by atoms with E-state index in [0.717, 1.165) is 0 Å². The van der Waals surface area contributed by atoms with Crippen LogP contribution in [0.25, 0.3) is 0 Å². The highest BCUT2D eigenvalue weighted by Crippen LogP contribution is 2.29. The molecule has 2 N–H and O–H groups in total. The molecule has 0 radical (unpaired) electrons. The summed E-state index contributed by atoms with van der Waals surface area (Å²) >= 11 is 5.84. The standard InChI is InChI=1S/C21H19ClN2O4S/c1-2-28-20-13-12-18(29(26,27)24-17-10-8-16(22)9-11-17)14-19(20)23-21(25)15-6-4-3-5-7-15/h3-14,24H,2H2,1H3,(H,23,25). The van der Waals surface area contributed by atoms with Crippen molar-refractivity contribution in [1.29, 1.82) is 0 Å². The van der Waals surface area contributed by atoms with E-state index in [9.17, 15) is 13.2 Å². The molecule has 6 nitrogen and oxygen atoms in total. The van der Waals surface area contributed by atoms with Crippen molar-refractivity contribution in [1.82, 2.24) is 0 Å². The van der Waals surface area contributed by atoms with Crippen molar-refractivity contribution >= 4 is 38.9 Å². The fourth-order valence-corrected chi connectivity index (χ4v) is 3.78. The van der Waals surface area contributed by atoms with Crippen LogP contribution in [0.4, 0.5) is 11.4 Å². The maximum absolute atomic E-state index is 12.8. The summed E-state index contributed by atoms with van der Waals surface area (Å²) in [6.45, 7) is 2.17. The van der Waals surface area contributed by atoms with E-state index in [0.29, 0.717) is 28.6 Å². The smallest absolute Gasteiger partial charge is 0.261 e. The van der Waals surface area contributed by atoms with E-state index >= 15 is 0 Å². The Kier molecular flexibility index (Phi) is 6.41. The van der Waals surface area contributed by atoms with Gasteiger partial charge in [-0.3, -0.25) is 9.52 Å². The molecule has 0 bridgehead atoms. The molecule has 3 rings (SSSR count). The number of carbonyl (C=O) groups is 1. The zero-order valence-corrected chi connectivity index (χ0v) is 17.1. The van der Waals surface area contributed by atoms with Crippen LogP contribution in [0.2, 0.25) is 5.02 Å². The average molecular weight is 431 g/mol. The molecule has 8 heteroatoms. The number of benzene rings is 3. The normalized spacial score (nSPS) is 11.0. The Morgan fingerprint density at radius 2 is 1.69 bits per heavy atom. The first-order valence-electron chi connectivity index (χ1n) is 8.80. The number of carbonyl (C=O) groups excluding carboxylic acids is 1. The molecule has 0 aliphatic rings. The summed E-state index contributed by atoms with van der Waals surface area (Å²) in [6.07, 6.45) is 0. The predicted molar refractivity (Wildman–Crippen MR) is 114 cm³/mol. The van der Waals surface area contributed by atoms with Gasteiger partial charge in [0.2, 0.25) is 0 Å². The van der Waals surface area contributed by atoms with E-state index in [1.165, 1.54) is 18.2 Å². The molecule has 0 saturated carbocycles. The zero-order valence-electron chi connectivity index (χ0n) is 15.6. The van der Waals surface area contributed by atoms with Crippen LogP contribution in [0.5, 0.6) is 5.75 Å². The van der Waals surface area contributed by atoms with E-state index in [1.54, 1.807) is 61.5 Å². The minimum Gasteiger partial charge on any atom is -0.492 e. The van der Waals surface area contributed by atoms with Crippen molar-refractivity contribution in [3.63, 3.8) is 0 Å². The Balaban J connectivity index is 1.90. The fourth-order valence-electron chi connectivity index (χ4n) is 2.57. The second-order valence-corrected chi connectivity index (χ2v) is 8.14. The number of amides is 1. The third kappa shape index (κ3) is 5.28. The number of rotatable bonds is 7. The molecular weight excluding hydrogens is 412 g/mol. The molecule has 0 heterocycles. The molecule has 3 aromatic rings. The van der Waals surface area contributed by atoms with Crippen molar-refractivity contribution in [2.45, 2.75) is 11.8 Å². The van der Waals surface area contributed by atoms with Gasteiger partial charge in [0.25, 0.3) is 15.9 Å². The number of anilines is 2. The molecule has 0 fully saturated rings. The second-order valence-electron chi connectivity index (χ2n) is 6.02. The van der Waals surface area contributed by atoms with Crippen molar-refractivity contribution in [2.24, 2.45) is 0 Å². The fraction of sp³-hybridized carbons (Fsp3) is 0.0952. The largest absolute Gasteiger partial charge is 0.492 e. The number of ether oxygens (including phenoxy) is 1. The first-order chi connectivity index (χ1) is 13.9. The highest BCUT2D eigenvalue weighted by molar-refractivity contribution is 7.92. The van der Waals surface area contributed by atoms with E-state index in [4.69, 9.17) is 16.3 Å². The molecule has 0 atom stereocenters. The topological polar surface area (TPSA) is 84.5 Å². The van der Waals surface area contributed by atoms with Crippen LogP contribution in [0, 0.1) is 0 Å². The maximum atomic E-state index is 12.8. The minimum atomic E-state index is -3.88. The van der Waals surface area contributed by atoms with Crippen LogP contribution in [0.3, 0.4) is 0 Å². The number of halogens is 1. The summed E-state index contributed by atoms with van der Waals surface area (Å²) in [5.41, 5.74) is 1.08. The van der Waals surface area contributed by atoms with Crippen LogP contribution in [0.15, 0.2) is 77.7 Å². The highest BCUT2D eigenvalue weighted by atomic mass is 35.5. The van der Waals surface area contributed by atoms with Gasteiger partial charge in [0.15, 0.2) is 0 Å². The van der Waals surface area contributed by atoms with E-state index in [-0.39, 0.29) is 16.5 Å². The molecule has 0 aliphatic heterocycles. The SMILES string of the molecule is CCOc1ccc(S(=O)(=O)Nc2ccc(Cl)cc2)cc1NC(=O)c1ccccc1. The number of sulfonamides is 1. The van der Waals surface area contributed by atoms with Gasteiger partial charge in [-0.05, 0) is 61.5 Å². The van der Waals surface area contributed by atoms with Crippen LogP contribution < -0.4 is 14.8 Å². The summed E-state index contributed by atoms with van der Waals surface area (Å²) < 4.78 is 33.5. The summed E-state index contributed by atoms with van der Waals surface area (Å²) in [5, 5.41) is 3.22. The third-order valence-electron chi connectivity index (χ3n) is 3.94. The number of hydrogen-bond donors (Lipinski definition) is 2. The van der Waals surface area contributed by atoms with Crippen molar-refractivity contribution in [2.75, 3.05) is 16.6 Å². The number of hydrogen-bond acceptors (Lipinski definition) is 4. The lowest BCUT2D eigenvalue weighted by Crippen LogP contribution is -2.16. The molecule has 0 saturated heterocycles. The first-order valence-corrected chi connectivity index (χ1v) is 10.7. The van der Waals surface area contributed by atoms with Crippen LogP contribution in [-0.2, 0) is 10.0 Å². The third-order valence-corrected chi connectivity index (χ3v) is 5.57.